The number of anilines is 1. The Hall–Kier alpha value is -1.37. The monoisotopic (exact) mass is 333 g/mol. The maximum atomic E-state index is 12.2. The third kappa shape index (κ3) is 3.69. The van der Waals surface area contributed by atoms with Crippen LogP contribution in [0, 0.1) is 19.8 Å². The van der Waals surface area contributed by atoms with E-state index in [4.69, 9.17) is 0 Å². The third-order valence-electron chi connectivity index (χ3n) is 3.69. The second kappa shape index (κ2) is 6.81. The van der Waals surface area contributed by atoms with Crippen molar-refractivity contribution in [2.24, 2.45) is 5.92 Å². The Labute approximate surface area is 138 Å². The molecule has 1 aliphatic heterocycles. The smallest absolute Gasteiger partial charge is 0.228 e. The molecule has 1 saturated heterocycles. The summed E-state index contributed by atoms with van der Waals surface area (Å²) >= 11 is 3.32. The van der Waals surface area contributed by atoms with Gasteiger partial charge in [-0.3, -0.25) is 4.79 Å². The van der Waals surface area contributed by atoms with E-state index in [1.165, 1.54) is 0 Å². The van der Waals surface area contributed by atoms with Crippen LogP contribution >= 0.6 is 23.1 Å². The molecule has 1 fully saturated rings. The first-order chi connectivity index (χ1) is 10.6. The van der Waals surface area contributed by atoms with Gasteiger partial charge in [-0.1, -0.05) is 11.8 Å². The first kappa shape index (κ1) is 15.5. The fraction of sp³-hybridized carbons (Fsp3) is 0.375. The summed E-state index contributed by atoms with van der Waals surface area (Å²) in [5, 5.41) is 8.32. The zero-order chi connectivity index (χ0) is 15.5. The van der Waals surface area contributed by atoms with Crippen LogP contribution in [-0.2, 0) is 4.79 Å². The van der Waals surface area contributed by atoms with Gasteiger partial charge in [-0.2, -0.15) is 0 Å². The lowest BCUT2D eigenvalue weighted by Crippen LogP contribution is -2.24. The van der Waals surface area contributed by atoms with Gasteiger partial charge in [0.25, 0.3) is 0 Å². The van der Waals surface area contributed by atoms with Crippen molar-refractivity contribution in [3.63, 3.8) is 0 Å². The predicted molar refractivity (Wildman–Crippen MR) is 91.8 cm³/mol. The summed E-state index contributed by atoms with van der Waals surface area (Å²) in [6.07, 6.45) is 0.919. The highest BCUT2D eigenvalue weighted by Crippen LogP contribution is 2.32. The van der Waals surface area contributed by atoms with Crippen molar-refractivity contribution in [2.75, 3.05) is 18.4 Å². The number of benzene rings is 1. The van der Waals surface area contributed by atoms with Crippen molar-refractivity contribution in [1.82, 2.24) is 10.3 Å². The number of hydrogen-bond donors (Lipinski definition) is 2. The Bertz CT molecular complexity index is 678. The molecule has 2 heterocycles. The van der Waals surface area contributed by atoms with Crippen LogP contribution in [0.4, 0.5) is 5.69 Å². The van der Waals surface area contributed by atoms with E-state index in [1.54, 1.807) is 23.1 Å². The van der Waals surface area contributed by atoms with Gasteiger partial charge >= 0.3 is 0 Å². The summed E-state index contributed by atoms with van der Waals surface area (Å²) in [5.74, 6) is 0.204. The fourth-order valence-corrected chi connectivity index (χ4v) is 4.34. The molecule has 116 valence electrons. The van der Waals surface area contributed by atoms with Crippen molar-refractivity contribution in [2.45, 2.75) is 29.5 Å². The molecule has 22 heavy (non-hydrogen) atoms. The van der Waals surface area contributed by atoms with Crippen LogP contribution < -0.4 is 10.6 Å². The van der Waals surface area contributed by atoms with E-state index in [0.717, 1.165) is 45.7 Å². The molecule has 1 unspecified atom stereocenters. The molecular weight excluding hydrogens is 314 g/mol. The number of amides is 1. The molecule has 3 rings (SSSR count). The van der Waals surface area contributed by atoms with E-state index in [0.29, 0.717) is 0 Å². The van der Waals surface area contributed by atoms with Crippen molar-refractivity contribution < 1.29 is 4.79 Å². The number of rotatable bonds is 4. The minimum absolute atomic E-state index is 0.0896. The number of aromatic nitrogens is 1. The summed E-state index contributed by atoms with van der Waals surface area (Å²) in [4.78, 5) is 17.8. The Morgan fingerprint density at radius 2 is 2.32 bits per heavy atom. The van der Waals surface area contributed by atoms with Crippen LogP contribution in [0.1, 0.15) is 17.7 Å². The minimum atomic E-state index is 0.0896. The van der Waals surface area contributed by atoms with Crippen LogP contribution in [0.2, 0.25) is 0 Å². The average molecular weight is 333 g/mol. The summed E-state index contributed by atoms with van der Waals surface area (Å²) < 4.78 is 1.05. The van der Waals surface area contributed by atoms with Crippen LogP contribution in [0.25, 0.3) is 0 Å². The zero-order valence-corrected chi connectivity index (χ0v) is 14.3. The normalized spacial score (nSPS) is 17.6. The van der Waals surface area contributed by atoms with Crippen molar-refractivity contribution in [3.8, 4) is 0 Å². The molecule has 4 nitrogen and oxygen atoms in total. The number of nitrogens with zero attached hydrogens (tertiary/aromatic N) is 1. The largest absolute Gasteiger partial charge is 0.326 e. The van der Waals surface area contributed by atoms with Gasteiger partial charge in [0.1, 0.15) is 0 Å². The average Bonchev–Trinajstić information content (AvgIpc) is 3.13. The van der Waals surface area contributed by atoms with Crippen molar-refractivity contribution >= 4 is 34.7 Å². The molecule has 1 atom stereocenters. The molecule has 0 saturated carbocycles. The molecule has 0 aliphatic carbocycles. The highest BCUT2D eigenvalue weighted by Gasteiger charge is 2.22. The number of hydrogen-bond acceptors (Lipinski definition) is 5. The topological polar surface area (TPSA) is 54.0 Å². The first-order valence-corrected chi connectivity index (χ1v) is 9.03. The van der Waals surface area contributed by atoms with Gasteiger partial charge in [-0.05, 0) is 50.6 Å². The molecule has 0 radical (unpaired) electrons. The molecule has 6 heteroatoms. The lowest BCUT2D eigenvalue weighted by Gasteiger charge is -2.12. The molecule has 1 aliphatic rings. The summed E-state index contributed by atoms with van der Waals surface area (Å²) in [5.41, 5.74) is 3.03. The number of thiazole rings is 1. The van der Waals surface area contributed by atoms with E-state index in [9.17, 15) is 4.79 Å². The van der Waals surface area contributed by atoms with Crippen LogP contribution in [0.15, 0.2) is 32.8 Å². The van der Waals surface area contributed by atoms with Crippen LogP contribution in [-0.4, -0.2) is 24.0 Å². The standard InChI is InChI=1S/C16H19N3OS2/c1-10-7-13(22-16-18-11(2)9-21-16)3-4-14(10)19-15(20)12-5-6-17-8-12/h3-4,7,9,12,17H,5-6,8H2,1-2H3,(H,19,20). The van der Waals surface area contributed by atoms with Gasteiger partial charge in [-0.15, -0.1) is 11.3 Å². The van der Waals surface area contributed by atoms with E-state index in [-0.39, 0.29) is 11.8 Å². The van der Waals surface area contributed by atoms with Crippen LogP contribution in [0.5, 0.6) is 0 Å². The van der Waals surface area contributed by atoms with Crippen LogP contribution in [0.3, 0.4) is 0 Å². The van der Waals surface area contributed by atoms with E-state index in [2.05, 4.69) is 27.1 Å². The Balaban J connectivity index is 1.67. The van der Waals surface area contributed by atoms with Crippen molar-refractivity contribution in [3.05, 3.63) is 34.8 Å². The van der Waals surface area contributed by atoms with Gasteiger partial charge in [-0.25, -0.2) is 4.98 Å². The van der Waals surface area contributed by atoms with Gasteiger partial charge < -0.3 is 10.6 Å². The lowest BCUT2D eigenvalue weighted by atomic mass is 10.1. The predicted octanol–water partition coefficient (Wildman–Crippen LogP) is 3.46. The molecule has 0 spiro atoms. The highest BCUT2D eigenvalue weighted by atomic mass is 32.2. The third-order valence-corrected chi connectivity index (χ3v) is 5.74. The van der Waals surface area contributed by atoms with Gasteiger partial charge in [0.15, 0.2) is 4.34 Å². The molecule has 1 aromatic heterocycles. The Morgan fingerprint density at radius 1 is 1.45 bits per heavy atom. The Kier molecular flexibility index (Phi) is 4.81. The first-order valence-electron chi connectivity index (χ1n) is 7.34. The van der Waals surface area contributed by atoms with Gasteiger partial charge in [0, 0.05) is 28.2 Å². The molecule has 1 amide bonds. The maximum Gasteiger partial charge on any atom is 0.228 e. The number of carbonyl (C=O) groups is 1. The molecule has 2 aromatic rings. The number of nitrogens with one attached hydrogen (secondary N) is 2. The molecule has 1 aromatic carbocycles. The fourth-order valence-electron chi connectivity index (χ4n) is 2.43. The maximum absolute atomic E-state index is 12.2. The number of aryl methyl sites for hydroxylation is 2. The summed E-state index contributed by atoms with van der Waals surface area (Å²) in [6.45, 7) is 5.74. The molecule has 2 N–H and O–H groups in total. The Morgan fingerprint density at radius 3 is 2.95 bits per heavy atom. The highest BCUT2D eigenvalue weighted by molar-refractivity contribution is 8.01. The number of carbonyl (C=O) groups excluding carboxylic acids is 1. The SMILES string of the molecule is Cc1csc(Sc2ccc(NC(=O)C3CCNC3)c(C)c2)n1. The zero-order valence-electron chi connectivity index (χ0n) is 12.7. The van der Waals surface area contributed by atoms with Gasteiger partial charge in [0.2, 0.25) is 5.91 Å². The van der Waals surface area contributed by atoms with E-state index in [1.807, 2.05) is 26.0 Å². The van der Waals surface area contributed by atoms with E-state index < -0.39 is 0 Å². The second-order valence-corrected chi connectivity index (χ2v) is 7.69. The lowest BCUT2D eigenvalue weighted by molar-refractivity contribution is -0.119. The molecule has 0 bridgehead atoms. The van der Waals surface area contributed by atoms with Gasteiger partial charge in [0.05, 0.1) is 5.92 Å². The van der Waals surface area contributed by atoms with Crippen molar-refractivity contribution in [1.29, 1.82) is 0 Å². The quantitative estimate of drug-likeness (QED) is 0.900. The summed E-state index contributed by atoms with van der Waals surface area (Å²) in [7, 11) is 0. The molecular formula is C16H19N3OS2. The van der Waals surface area contributed by atoms with E-state index >= 15 is 0 Å². The second-order valence-electron chi connectivity index (χ2n) is 5.51. The summed E-state index contributed by atoms with van der Waals surface area (Å²) in [6, 6.07) is 6.12. The minimum Gasteiger partial charge on any atom is -0.326 e.